The third kappa shape index (κ3) is 3.01. The van der Waals surface area contributed by atoms with Gasteiger partial charge in [-0.1, -0.05) is 30.3 Å². The van der Waals surface area contributed by atoms with Gasteiger partial charge in [0.05, 0.1) is 11.7 Å². The quantitative estimate of drug-likeness (QED) is 0.617. The number of rotatable bonds is 3. The Labute approximate surface area is 145 Å². The molecule has 1 aliphatic rings. The number of fused-ring (bicyclic) bond motifs is 2. The summed E-state index contributed by atoms with van der Waals surface area (Å²) in [5.41, 5.74) is 2.14. The van der Waals surface area contributed by atoms with E-state index in [0.29, 0.717) is 23.7 Å². The summed E-state index contributed by atoms with van der Waals surface area (Å²) in [7, 11) is 0. The molecule has 1 aliphatic heterocycles. The molecule has 5 nitrogen and oxygen atoms in total. The monoisotopic (exact) mass is 334 g/mol. The summed E-state index contributed by atoms with van der Waals surface area (Å²) in [6.45, 7) is 3.94. The van der Waals surface area contributed by atoms with E-state index in [1.54, 1.807) is 0 Å². The van der Waals surface area contributed by atoms with Crippen LogP contribution in [0.3, 0.4) is 0 Å². The van der Waals surface area contributed by atoms with Gasteiger partial charge in [0.15, 0.2) is 0 Å². The molecule has 5 heteroatoms. The van der Waals surface area contributed by atoms with Crippen LogP contribution in [0, 0.1) is 0 Å². The molecule has 0 spiro atoms. The molecular formula is C20H18N2O3. The molecule has 2 aromatic carbocycles. The summed E-state index contributed by atoms with van der Waals surface area (Å²) >= 11 is 0. The first-order valence-corrected chi connectivity index (χ1v) is 8.26. The third-order valence-corrected chi connectivity index (χ3v) is 4.00. The highest BCUT2D eigenvalue weighted by atomic mass is 16.5. The van der Waals surface area contributed by atoms with Gasteiger partial charge in [-0.25, -0.2) is 0 Å². The van der Waals surface area contributed by atoms with Crippen molar-refractivity contribution in [1.29, 1.82) is 0 Å². The third-order valence-electron chi connectivity index (χ3n) is 4.00. The molecule has 1 aromatic heterocycles. The molecule has 0 aliphatic carbocycles. The standard InChI is InChI=1S/C20H18N2O3/c1-12(2)24-15-8-5-7-14(10-15)18-21-19(23)16-11-13-6-3-4-9-17(13)25-20(16)22-18/h3-10,12H,11H2,1-2H3,(H,21,22,23). The number of H-pyrrole nitrogens is 1. The van der Waals surface area contributed by atoms with Gasteiger partial charge in [0.1, 0.15) is 17.3 Å². The summed E-state index contributed by atoms with van der Waals surface area (Å²) in [6.07, 6.45) is 0.593. The van der Waals surface area contributed by atoms with Crippen molar-refractivity contribution < 1.29 is 9.47 Å². The number of aromatic nitrogens is 2. The van der Waals surface area contributed by atoms with Crippen LogP contribution >= 0.6 is 0 Å². The number of nitrogens with zero attached hydrogens (tertiary/aromatic N) is 1. The molecule has 4 rings (SSSR count). The number of hydrogen-bond donors (Lipinski definition) is 1. The predicted molar refractivity (Wildman–Crippen MR) is 95.4 cm³/mol. The van der Waals surface area contributed by atoms with Gasteiger partial charge in [-0.3, -0.25) is 4.79 Å². The van der Waals surface area contributed by atoms with E-state index in [1.165, 1.54) is 0 Å². The second kappa shape index (κ2) is 6.09. The van der Waals surface area contributed by atoms with Crippen molar-refractivity contribution in [3.8, 4) is 28.8 Å². The van der Waals surface area contributed by atoms with Crippen molar-refractivity contribution in [3.05, 3.63) is 70.0 Å². The van der Waals surface area contributed by atoms with Gasteiger partial charge < -0.3 is 14.5 Å². The number of nitrogens with one attached hydrogen (secondary N) is 1. The molecule has 0 atom stereocenters. The van der Waals surface area contributed by atoms with Crippen LogP contribution in [0.4, 0.5) is 0 Å². The van der Waals surface area contributed by atoms with Crippen LogP contribution in [0.2, 0.25) is 0 Å². The lowest BCUT2D eigenvalue weighted by Crippen LogP contribution is -2.20. The van der Waals surface area contributed by atoms with E-state index in [0.717, 1.165) is 22.6 Å². The Morgan fingerprint density at radius 2 is 2.00 bits per heavy atom. The number of para-hydroxylation sites is 1. The van der Waals surface area contributed by atoms with Gasteiger partial charge >= 0.3 is 0 Å². The van der Waals surface area contributed by atoms with E-state index in [4.69, 9.17) is 9.47 Å². The maximum Gasteiger partial charge on any atom is 0.258 e. The van der Waals surface area contributed by atoms with E-state index < -0.39 is 0 Å². The first-order chi connectivity index (χ1) is 12.1. The highest BCUT2D eigenvalue weighted by Gasteiger charge is 2.22. The Morgan fingerprint density at radius 1 is 1.16 bits per heavy atom. The van der Waals surface area contributed by atoms with E-state index in [-0.39, 0.29) is 11.7 Å². The fraction of sp³-hybridized carbons (Fsp3) is 0.200. The Bertz CT molecular complexity index is 992. The fourth-order valence-electron chi connectivity index (χ4n) is 2.89. The minimum absolute atomic E-state index is 0.0747. The van der Waals surface area contributed by atoms with Crippen molar-refractivity contribution >= 4 is 0 Å². The molecular weight excluding hydrogens is 316 g/mol. The SMILES string of the molecule is CC(C)Oc1cccc(-c2nc3c(c(=O)[nH]2)Cc2ccccc2O3)c1. The molecule has 0 unspecified atom stereocenters. The van der Waals surface area contributed by atoms with Crippen LogP contribution in [-0.2, 0) is 6.42 Å². The van der Waals surface area contributed by atoms with Gasteiger partial charge in [-0.15, -0.1) is 0 Å². The molecule has 25 heavy (non-hydrogen) atoms. The Balaban J connectivity index is 1.75. The smallest absolute Gasteiger partial charge is 0.258 e. The van der Waals surface area contributed by atoms with Crippen LogP contribution in [0.1, 0.15) is 25.0 Å². The van der Waals surface area contributed by atoms with E-state index in [9.17, 15) is 4.79 Å². The summed E-state index contributed by atoms with van der Waals surface area (Å²) in [6, 6.07) is 15.2. The van der Waals surface area contributed by atoms with Gasteiger partial charge in [0, 0.05) is 12.0 Å². The topological polar surface area (TPSA) is 64.2 Å². The lowest BCUT2D eigenvalue weighted by molar-refractivity contribution is 0.242. The molecule has 0 saturated carbocycles. The molecule has 0 radical (unpaired) electrons. The average Bonchev–Trinajstić information content (AvgIpc) is 2.60. The highest BCUT2D eigenvalue weighted by Crippen LogP contribution is 2.34. The maximum atomic E-state index is 12.5. The number of benzene rings is 2. The maximum absolute atomic E-state index is 12.5. The normalized spacial score (nSPS) is 12.3. The lowest BCUT2D eigenvalue weighted by Gasteiger charge is -2.19. The number of hydrogen-bond acceptors (Lipinski definition) is 4. The lowest BCUT2D eigenvalue weighted by atomic mass is 10.0. The molecule has 0 saturated heterocycles. The van der Waals surface area contributed by atoms with Crippen molar-refractivity contribution in [3.63, 3.8) is 0 Å². The Morgan fingerprint density at radius 3 is 2.84 bits per heavy atom. The summed E-state index contributed by atoms with van der Waals surface area (Å²) in [5.74, 6) is 2.32. The summed E-state index contributed by atoms with van der Waals surface area (Å²) in [4.78, 5) is 19.9. The minimum atomic E-state index is -0.176. The molecule has 2 heterocycles. The molecule has 126 valence electrons. The molecule has 1 N–H and O–H groups in total. The van der Waals surface area contributed by atoms with Crippen LogP contribution in [0.5, 0.6) is 17.4 Å². The Kier molecular flexibility index (Phi) is 3.76. The van der Waals surface area contributed by atoms with Gasteiger partial charge in [-0.2, -0.15) is 4.98 Å². The first-order valence-electron chi connectivity index (χ1n) is 8.26. The predicted octanol–water partition coefficient (Wildman–Crippen LogP) is 3.92. The second-order valence-electron chi connectivity index (χ2n) is 6.28. The molecule has 3 aromatic rings. The average molecular weight is 334 g/mol. The first kappa shape index (κ1) is 15.4. The van der Waals surface area contributed by atoms with Crippen molar-refractivity contribution in [2.24, 2.45) is 0 Å². The number of ether oxygens (including phenoxy) is 2. The van der Waals surface area contributed by atoms with Crippen molar-refractivity contribution in [2.75, 3.05) is 0 Å². The molecule has 0 amide bonds. The zero-order chi connectivity index (χ0) is 17.4. The van der Waals surface area contributed by atoms with Crippen molar-refractivity contribution in [2.45, 2.75) is 26.4 Å². The van der Waals surface area contributed by atoms with Crippen molar-refractivity contribution in [1.82, 2.24) is 9.97 Å². The zero-order valence-corrected chi connectivity index (χ0v) is 14.1. The fourth-order valence-corrected chi connectivity index (χ4v) is 2.89. The summed E-state index contributed by atoms with van der Waals surface area (Å²) < 4.78 is 11.6. The second-order valence-corrected chi connectivity index (χ2v) is 6.28. The molecule has 0 fully saturated rings. The largest absolute Gasteiger partial charge is 0.491 e. The van der Waals surface area contributed by atoms with E-state index >= 15 is 0 Å². The van der Waals surface area contributed by atoms with Crippen LogP contribution in [0.25, 0.3) is 11.4 Å². The van der Waals surface area contributed by atoms with Crippen LogP contribution < -0.4 is 15.0 Å². The van der Waals surface area contributed by atoms with E-state index in [2.05, 4.69) is 9.97 Å². The van der Waals surface area contributed by atoms with Gasteiger partial charge in [0.2, 0.25) is 5.88 Å². The minimum Gasteiger partial charge on any atom is -0.491 e. The number of aromatic amines is 1. The molecule has 0 bridgehead atoms. The van der Waals surface area contributed by atoms with Gasteiger partial charge in [0.25, 0.3) is 5.56 Å². The van der Waals surface area contributed by atoms with Gasteiger partial charge in [-0.05, 0) is 37.6 Å². The highest BCUT2D eigenvalue weighted by molar-refractivity contribution is 5.59. The van der Waals surface area contributed by atoms with Crippen LogP contribution in [0.15, 0.2) is 53.3 Å². The Hall–Kier alpha value is -3.08. The van der Waals surface area contributed by atoms with E-state index in [1.807, 2.05) is 62.4 Å². The zero-order valence-electron chi connectivity index (χ0n) is 14.1. The van der Waals surface area contributed by atoms with Crippen LogP contribution in [-0.4, -0.2) is 16.1 Å². The summed E-state index contributed by atoms with van der Waals surface area (Å²) in [5, 5.41) is 0.